The van der Waals surface area contributed by atoms with E-state index in [1.807, 2.05) is 12.1 Å². The van der Waals surface area contributed by atoms with Crippen LogP contribution in [0.4, 0.5) is 17.8 Å². The summed E-state index contributed by atoms with van der Waals surface area (Å²) >= 11 is 0. The van der Waals surface area contributed by atoms with Crippen molar-refractivity contribution < 1.29 is 19.4 Å². The minimum Gasteiger partial charge on any atom is -0.396 e. The second-order valence-corrected chi connectivity index (χ2v) is 8.30. The lowest BCUT2D eigenvalue weighted by atomic mass is 10.1. The minimum atomic E-state index is -0.149. The predicted octanol–water partition coefficient (Wildman–Crippen LogP) is 0.600. The molecule has 12 heteroatoms. The van der Waals surface area contributed by atoms with Gasteiger partial charge in [-0.2, -0.15) is 15.0 Å². The quantitative estimate of drug-likeness (QED) is 0.193. The van der Waals surface area contributed by atoms with Crippen molar-refractivity contribution >= 4 is 23.8 Å². The maximum atomic E-state index is 12.3. The molecular weight excluding hydrogens is 464 g/mol. The number of aromatic nitrogens is 3. The van der Waals surface area contributed by atoms with Crippen molar-refractivity contribution in [3.05, 3.63) is 35.4 Å². The minimum absolute atomic E-state index is 0.106. The van der Waals surface area contributed by atoms with E-state index < -0.39 is 0 Å². The molecule has 1 aromatic heterocycles. The second kappa shape index (κ2) is 15.8. The smallest absolute Gasteiger partial charge is 0.251 e. The highest BCUT2D eigenvalue weighted by molar-refractivity contribution is 5.94. The third-order valence-electron chi connectivity index (χ3n) is 5.46. The van der Waals surface area contributed by atoms with Crippen molar-refractivity contribution in [1.29, 1.82) is 0 Å². The lowest BCUT2D eigenvalue weighted by Gasteiger charge is -2.17. The molecule has 1 fully saturated rings. The van der Waals surface area contributed by atoms with Crippen LogP contribution in [0, 0.1) is 0 Å². The van der Waals surface area contributed by atoms with Crippen molar-refractivity contribution in [2.75, 3.05) is 81.3 Å². The third kappa shape index (κ3) is 9.53. The monoisotopic (exact) mass is 502 g/mol. The molecule has 1 aliphatic heterocycles. The highest BCUT2D eigenvalue weighted by Crippen LogP contribution is 2.19. The van der Waals surface area contributed by atoms with Crippen LogP contribution in [-0.2, 0) is 16.0 Å². The standard InChI is InChI=1S/C24H38N8O4/c25-8-14-35-16-17-36-15-10-26-21(34)20-6-4-19(5-7-20)18-28-23-29-22(27-9-3-13-33)30-24(31-23)32-11-1-2-12-32/h4-7,33H,1-3,8-18,25H2,(H,26,34)(H2,27,28,29,30,31). The van der Waals surface area contributed by atoms with Gasteiger partial charge in [0.2, 0.25) is 17.8 Å². The summed E-state index contributed by atoms with van der Waals surface area (Å²) in [6.45, 7) is 5.86. The maximum absolute atomic E-state index is 12.3. The Bertz CT molecular complexity index is 909. The maximum Gasteiger partial charge on any atom is 0.251 e. The first-order valence-corrected chi connectivity index (χ1v) is 12.5. The molecule has 0 saturated carbocycles. The van der Waals surface area contributed by atoms with Gasteiger partial charge in [-0.3, -0.25) is 4.79 Å². The molecule has 0 atom stereocenters. The topological polar surface area (TPSA) is 160 Å². The van der Waals surface area contributed by atoms with Gasteiger partial charge in [0.15, 0.2) is 0 Å². The first-order chi connectivity index (χ1) is 17.7. The molecule has 1 saturated heterocycles. The molecule has 2 aromatic rings. The first-order valence-electron chi connectivity index (χ1n) is 12.5. The number of anilines is 3. The highest BCUT2D eigenvalue weighted by atomic mass is 16.5. The van der Waals surface area contributed by atoms with E-state index in [-0.39, 0.29) is 12.5 Å². The summed E-state index contributed by atoms with van der Waals surface area (Å²) in [6, 6.07) is 7.38. The van der Waals surface area contributed by atoms with Gasteiger partial charge >= 0.3 is 0 Å². The van der Waals surface area contributed by atoms with E-state index in [1.165, 1.54) is 0 Å². The number of nitrogens with zero attached hydrogens (tertiary/aromatic N) is 4. The molecule has 1 aromatic carbocycles. The van der Waals surface area contributed by atoms with E-state index in [0.717, 1.165) is 31.5 Å². The Balaban J connectivity index is 1.46. The van der Waals surface area contributed by atoms with E-state index in [1.54, 1.807) is 12.1 Å². The van der Waals surface area contributed by atoms with Gasteiger partial charge in [-0.05, 0) is 37.0 Å². The molecule has 6 N–H and O–H groups in total. The summed E-state index contributed by atoms with van der Waals surface area (Å²) in [5, 5.41) is 18.3. The van der Waals surface area contributed by atoms with E-state index in [2.05, 4.69) is 35.8 Å². The Morgan fingerprint density at radius 1 is 0.944 bits per heavy atom. The van der Waals surface area contributed by atoms with Gasteiger partial charge in [-0.25, -0.2) is 0 Å². The van der Waals surface area contributed by atoms with Crippen LogP contribution in [0.3, 0.4) is 0 Å². The summed E-state index contributed by atoms with van der Waals surface area (Å²) in [5.41, 5.74) is 6.92. The molecule has 12 nitrogen and oxygen atoms in total. The molecule has 1 aliphatic rings. The third-order valence-corrected chi connectivity index (χ3v) is 5.46. The molecule has 0 radical (unpaired) electrons. The van der Waals surface area contributed by atoms with Gasteiger partial charge < -0.3 is 41.2 Å². The number of hydrogen-bond donors (Lipinski definition) is 5. The lowest BCUT2D eigenvalue weighted by molar-refractivity contribution is 0.0511. The Hall–Kier alpha value is -3.06. The SMILES string of the molecule is NCCOCCOCCNC(=O)c1ccc(CNc2nc(NCCCO)nc(N3CCCC3)n2)cc1. The molecule has 0 spiro atoms. The van der Waals surface area contributed by atoms with Crippen LogP contribution < -0.4 is 26.6 Å². The fourth-order valence-electron chi connectivity index (χ4n) is 3.56. The van der Waals surface area contributed by atoms with Crippen molar-refractivity contribution in [1.82, 2.24) is 20.3 Å². The van der Waals surface area contributed by atoms with Gasteiger partial charge in [0.25, 0.3) is 5.91 Å². The van der Waals surface area contributed by atoms with Crippen LogP contribution in [0.1, 0.15) is 35.2 Å². The Kier molecular flexibility index (Phi) is 12.1. The Morgan fingerprint density at radius 3 is 2.33 bits per heavy atom. The number of amides is 1. The van der Waals surface area contributed by atoms with Gasteiger partial charge in [0, 0.05) is 51.4 Å². The van der Waals surface area contributed by atoms with Gasteiger partial charge in [-0.1, -0.05) is 12.1 Å². The average molecular weight is 503 g/mol. The van der Waals surface area contributed by atoms with Crippen molar-refractivity contribution in [3.8, 4) is 0 Å². The van der Waals surface area contributed by atoms with Crippen molar-refractivity contribution in [2.24, 2.45) is 5.73 Å². The number of benzene rings is 1. The normalized spacial score (nSPS) is 13.1. The fraction of sp³-hybridized carbons (Fsp3) is 0.583. The summed E-state index contributed by atoms with van der Waals surface area (Å²) in [5.74, 6) is 1.47. The zero-order valence-corrected chi connectivity index (χ0v) is 20.7. The Morgan fingerprint density at radius 2 is 1.64 bits per heavy atom. The summed E-state index contributed by atoms with van der Waals surface area (Å²) in [4.78, 5) is 28.1. The van der Waals surface area contributed by atoms with Crippen LogP contribution in [0.15, 0.2) is 24.3 Å². The number of carbonyl (C=O) groups excluding carboxylic acids is 1. The number of carbonyl (C=O) groups is 1. The zero-order chi connectivity index (χ0) is 25.4. The van der Waals surface area contributed by atoms with Crippen LogP contribution in [0.25, 0.3) is 0 Å². The number of nitrogens with two attached hydrogens (primary N) is 1. The molecule has 2 heterocycles. The number of aliphatic hydroxyl groups is 1. The summed E-state index contributed by atoms with van der Waals surface area (Å²) in [6.07, 6.45) is 2.86. The van der Waals surface area contributed by atoms with Gasteiger partial charge in [0.05, 0.1) is 26.4 Å². The fourth-order valence-corrected chi connectivity index (χ4v) is 3.56. The largest absolute Gasteiger partial charge is 0.396 e. The molecule has 1 amide bonds. The first kappa shape index (κ1) is 27.5. The molecule has 0 bridgehead atoms. The molecule has 0 unspecified atom stereocenters. The van der Waals surface area contributed by atoms with E-state index >= 15 is 0 Å². The van der Waals surface area contributed by atoms with Crippen LogP contribution in [-0.4, -0.2) is 91.7 Å². The van der Waals surface area contributed by atoms with Gasteiger partial charge in [0.1, 0.15) is 0 Å². The Labute approximate surface area is 212 Å². The summed E-state index contributed by atoms with van der Waals surface area (Å²) < 4.78 is 10.6. The number of nitrogens with one attached hydrogen (secondary N) is 3. The highest BCUT2D eigenvalue weighted by Gasteiger charge is 2.17. The number of hydrogen-bond acceptors (Lipinski definition) is 11. The van der Waals surface area contributed by atoms with E-state index in [9.17, 15) is 4.79 Å². The average Bonchev–Trinajstić information content (AvgIpc) is 3.45. The number of rotatable bonds is 17. The lowest BCUT2D eigenvalue weighted by Crippen LogP contribution is -2.27. The van der Waals surface area contributed by atoms with E-state index in [0.29, 0.717) is 82.4 Å². The van der Waals surface area contributed by atoms with Crippen LogP contribution >= 0.6 is 0 Å². The van der Waals surface area contributed by atoms with Crippen LogP contribution in [0.2, 0.25) is 0 Å². The summed E-state index contributed by atoms with van der Waals surface area (Å²) in [7, 11) is 0. The second-order valence-electron chi connectivity index (χ2n) is 8.30. The number of aliphatic hydroxyl groups excluding tert-OH is 1. The van der Waals surface area contributed by atoms with Gasteiger partial charge in [-0.15, -0.1) is 0 Å². The molecule has 3 rings (SSSR count). The molecule has 198 valence electrons. The van der Waals surface area contributed by atoms with Crippen LogP contribution in [0.5, 0.6) is 0 Å². The number of ether oxygens (including phenoxy) is 2. The van der Waals surface area contributed by atoms with E-state index in [4.69, 9.17) is 20.3 Å². The van der Waals surface area contributed by atoms with Crippen molar-refractivity contribution in [3.63, 3.8) is 0 Å². The van der Waals surface area contributed by atoms with Crippen molar-refractivity contribution in [2.45, 2.75) is 25.8 Å². The molecular formula is C24H38N8O4. The zero-order valence-electron chi connectivity index (χ0n) is 20.7. The molecule has 0 aliphatic carbocycles. The predicted molar refractivity (Wildman–Crippen MR) is 138 cm³/mol. The molecule has 36 heavy (non-hydrogen) atoms.